The lowest BCUT2D eigenvalue weighted by Crippen LogP contribution is -2.15. The van der Waals surface area contributed by atoms with Crippen molar-refractivity contribution in [3.05, 3.63) is 70.9 Å². The van der Waals surface area contributed by atoms with Gasteiger partial charge in [-0.15, -0.1) is 0 Å². The largest absolute Gasteiger partial charge is 0.279 e. The third-order valence-electron chi connectivity index (χ3n) is 4.96. The number of aryl methyl sites for hydroxylation is 4. The maximum Gasteiger partial charge on any atom is 0.262 e. The number of aromatic nitrogens is 2. The Bertz CT molecular complexity index is 1310. The summed E-state index contributed by atoms with van der Waals surface area (Å²) in [5, 5.41) is 0.862. The van der Waals surface area contributed by atoms with Crippen LogP contribution in [0.25, 0.3) is 20.9 Å². The lowest BCUT2D eigenvalue weighted by Gasteiger charge is -2.14. The number of benzene rings is 2. The minimum absolute atomic E-state index is 0.307. The van der Waals surface area contributed by atoms with Gasteiger partial charge in [0.05, 0.1) is 10.6 Å². The fourth-order valence-electron chi connectivity index (χ4n) is 3.23. The van der Waals surface area contributed by atoms with E-state index in [0.29, 0.717) is 10.6 Å². The van der Waals surface area contributed by atoms with Gasteiger partial charge in [-0.3, -0.25) is 4.72 Å². The molecule has 0 unspecified atom stereocenters. The fourth-order valence-corrected chi connectivity index (χ4v) is 5.57. The van der Waals surface area contributed by atoms with E-state index < -0.39 is 10.0 Å². The van der Waals surface area contributed by atoms with Gasteiger partial charge in [-0.25, -0.2) is 18.4 Å². The summed E-state index contributed by atoms with van der Waals surface area (Å²) >= 11 is 1.52. The maximum atomic E-state index is 13.0. The van der Waals surface area contributed by atoms with Gasteiger partial charge in [-0.1, -0.05) is 17.4 Å². The summed E-state index contributed by atoms with van der Waals surface area (Å²) in [6.45, 7) is 7.60. The number of pyridine rings is 1. The van der Waals surface area contributed by atoms with Crippen LogP contribution < -0.4 is 4.72 Å². The van der Waals surface area contributed by atoms with Crippen molar-refractivity contribution in [3.8, 4) is 10.6 Å². The van der Waals surface area contributed by atoms with Crippen molar-refractivity contribution in [2.75, 3.05) is 4.72 Å². The van der Waals surface area contributed by atoms with Gasteiger partial charge in [-0.2, -0.15) is 0 Å². The van der Waals surface area contributed by atoms with E-state index in [-0.39, 0.29) is 0 Å². The molecule has 0 saturated heterocycles. The molecule has 7 heteroatoms. The molecule has 0 aliphatic rings. The lowest BCUT2D eigenvalue weighted by atomic mass is 10.1. The molecule has 0 aliphatic heterocycles. The minimum atomic E-state index is -3.68. The van der Waals surface area contributed by atoms with Crippen LogP contribution in [0.3, 0.4) is 0 Å². The molecule has 2 aromatic heterocycles. The normalized spacial score (nSPS) is 11.7. The van der Waals surface area contributed by atoms with Gasteiger partial charge in [0.15, 0.2) is 0 Å². The average Bonchev–Trinajstić information content (AvgIpc) is 3.10. The summed E-state index contributed by atoms with van der Waals surface area (Å²) < 4.78 is 28.7. The molecule has 1 N–H and O–H groups in total. The molecule has 0 radical (unpaired) electrons. The zero-order chi connectivity index (χ0) is 20.8. The maximum absolute atomic E-state index is 13.0. The first-order valence-corrected chi connectivity index (χ1v) is 11.5. The molecule has 0 aliphatic carbocycles. The Hall–Kier alpha value is -2.77. The predicted molar refractivity (Wildman–Crippen MR) is 119 cm³/mol. The highest BCUT2D eigenvalue weighted by atomic mass is 32.2. The predicted octanol–water partition coefficient (Wildman–Crippen LogP) is 5.39. The van der Waals surface area contributed by atoms with Gasteiger partial charge in [0.2, 0.25) is 0 Å². The number of thiazole rings is 1. The Morgan fingerprint density at radius 3 is 2.38 bits per heavy atom. The molecule has 29 heavy (non-hydrogen) atoms. The monoisotopic (exact) mass is 423 g/mol. The van der Waals surface area contributed by atoms with Crippen LogP contribution in [0.2, 0.25) is 0 Å². The lowest BCUT2D eigenvalue weighted by molar-refractivity contribution is 0.600. The van der Waals surface area contributed by atoms with Gasteiger partial charge in [0.1, 0.15) is 15.4 Å². The Labute approximate surface area is 174 Å². The van der Waals surface area contributed by atoms with Crippen LogP contribution in [0.4, 0.5) is 5.69 Å². The second-order valence-corrected chi connectivity index (χ2v) is 9.81. The molecule has 5 nitrogen and oxygen atoms in total. The van der Waals surface area contributed by atoms with Crippen molar-refractivity contribution in [1.82, 2.24) is 9.97 Å². The van der Waals surface area contributed by atoms with Crippen LogP contribution >= 0.6 is 11.3 Å². The van der Waals surface area contributed by atoms with Gasteiger partial charge < -0.3 is 0 Å². The summed E-state index contributed by atoms with van der Waals surface area (Å²) in [6, 6.07) is 13.1. The molecule has 2 aromatic carbocycles. The SMILES string of the molecule is Cc1cc(C)c(S(=O)(=O)Nc2ccc(-c3nc4cccnc4s3)cc2C)cc1C. The molecular weight excluding hydrogens is 402 g/mol. The van der Waals surface area contributed by atoms with E-state index in [1.54, 1.807) is 18.3 Å². The molecule has 0 bridgehead atoms. The van der Waals surface area contributed by atoms with E-state index in [0.717, 1.165) is 43.2 Å². The molecule has 2 heterocycles. The summed E-state index contributed by atoms with van der Waals surface area (Å²) in [6.07, 6.45) is 1.75. The van der Waals surface area contributed by atoms with E-state index in [1.165, 1.54) is 11.3 Å². The van der Waals surface area contributed by atoms with Crippen LogP contribution in [0.5, 0.6) is 0 Å². The Morgan fingerprint density at radius 2 is 1.66 bits per heavy atom. The highest BCUT2D eigenvalue weighted by molar-refractivity contribution is 7.92. The van der Waals surface area contributed by atoms with Gasteiger partial charge in [-0.05, 0) is 86.3 Å². The molecular formula is C22H21N3O2S2. The smallest absolute Gasteiger partial charge is 0.262 e. The summed E-state index contributed by atoms with van der Waals surface area (Å²) in [5.41, 5.74) is 5.96. The van der Waals surface area contributed by atoms with Crippen molar-refractivity contribution in [1.29, 1.82) is 0 Å². The van der Waals surface area contributed by atoms with E-state index in [1.807, 2.05) is 58.0 Å². The van der Waals surface area contributed by atoms with Crippen LogP contribution in [-0.4, -0.2) is 18.4 Å². The van der Waals surface area contributed by atoms with E-state index in [4.69, 9.17) is 0 Å². The fraction of sp³-hybridized carbons (Fsp3) is 0.182. The minimum Gasteiger partial charge on any atom is -0.279 e. The summed E-state index contributed by atoms with van der Waals surface area (Å²) in [4.78, 5) is 10.1. The third-order valence-corrected chi connectivity index (χ3v) is 7.50. The molecule has 0 amide bonds. The van der Waals surface area contributed by atoms with Crippen molar-refractivity contribution in [3.63, 3.8) is 0 Å². The van der Waals surface area contributed by atoms with E-state index >= 15 is 0 Å². The Morgan fingerprint density at radius 1 is 0.897 bits per heavy atom. The second kappa shape index (κ2) is 7.24. The molecule has 0 spiro atoms. The first kappa shape index (κ1) is 19.5. The van der Waals surface area contributed by atoms with Gasteiger partial charge in [0, 0.05) is 11.8 Å². The van der Waals surface area contributed by atoms with E-state index in [9.17, 15) is 8.42 Å². The highest BCUT2D eigenvalue weighted by Gasteiger charge is 2.19. The van der Waals surface area contributed by atoms with Crippen molar-refractivity contribution in [2.45, 2.75) is 32.6 Å². The third kappa shape index (κ3) is 3.75. The van der Waals surface area contributed by atoms with Crippen LogP contribution in [0.15, 0.2) is 53.6 Å². The van der Waals surface area contributed by atoms with Crippen LogP contribution in [0, 0.1) is 27.7 Å². The number of sulfonamides is 1. The number of hydrogen-bond donors (Lipinski definition) is 1. The van der Waals surface area contributed by atoms with E-state index in [2.05, 4.69) is 14.7 Å². The van der Waals surface area contributed by atoms with Crippen LogP contribution in [-0.2, 0) is 10.0 Å². The average molecular weight is 424 g/mol. The molecule has 148 valence electrons. The number of anilines is 1. The molecule has 0 fully saturated rings. The molecule has 0 saturated carbocycles. The molecule has 0 atom stereocenters. The number of hydrogen-bond acceptors (Lipinski definition) is 5. The number of nitrogens with one attached hydrogen (secondary N) is 1. The first-order valence-electron chi connectivity index (χ1n) is 9.18. The highest BCUT2D eigenvalue weighted by Crippen LogP contribution is 2.32. The van der Waals surface area contributed by atoms with Gasteiger partial charge >= 0.3 is 0 Å². The Balaban J connectivity index is 1.67. The summed E-state index contributed by atoms with van der Waals surface area (Å²) in [7, 11) is -3.68. The Kier molecular flexibility index (Phi) is 4.88. The van der Waals surface area contributed by atoms with Crippen molar-refractivity contribution in [2.24, 2.45) is 0 Å². The number of nitrogens with zero attached hydrogens (tertiary/aromatic N) is 2. The zero-order valence-electron chi connectivity index (χ0n) is 16.6. The first-order chi connectivity index (χ1) is 13.7. The topological polar surface area (TPSA) is 72.0 Å². The zero-order valence-corrected chi connectivity index (χ0v) is 18.3. The number of rotatable bonds is 4. The van der Waals surface area contributed by atoms with Crippen molar-refractivity contribution >= 4 is 37.4 Å². The van der Waals surface area contributed by atoms with Crippen LogP contribution in [0.1, 0.15) is 22.3 Å². The standard InChI is InChI=1S/C22H21N3O2S2/c1-13-10-16(4)20(12-14(13)2)29(26,27)25-18-8-7-17(11-15(18)3)21-24-19-6-5-9-23-22(19)28-21/h5-12,25H,1-4H3. The second-order valence-electron chi connectivity index (χ2n) is 7.18. The molecule has 4 aromatic rings. The molecule has 4 rings (SSSR count). The quantitative estimate of drug-likeness (QED) is 0.477. The van der Waals surface area contributed by atoms with Gasteiger partial charge in [0.25, 0.3) is 10.0 Å². The summed E-state index contributed by atoms with van der Waals surface area (Å²) in [5.74, 6) is 0. The number of fused-ring (bicyclic) bond motifs is 1. The van der Waals surface area contributed by atoms with Crippen molar-refractivity contribution < 1.29 is 8.42 Å².